The first-order valence-electron chi connectivity index (χ1n) is 12.4. The fourth-order valence-electron chi connectivity index (χ4n) is 5.39. The zero-order valence-electron chi connectivity index (χ0n) is 21.2. The Morgan fingerprint density at radius 1 is 0.711 bits per heavy atom. The number of aryl methyl sites for hydroxylation is 2. The summed E-state index contributed by atoms with van der Waals surface area (Å²) in [7, 11) is 2.06. The second-order valence-electron chi connectivity index (χ2n) is 9.41. The third-order valence-corrected chi connectivity index (χ3v) is 7.22. The van der Waals surface area contributed by atoms with Gasteiger partial charge in [0.2, 0.25) is 5.82 Å². The van der Waals surface area contributed by atoms with E-state index in [0.717, 1.165) is 67.2 Å². The Hall–Kier alpha value is -5.11. The number of aromatic nitrogens is 8. The first-order valence-corrected chi connectivity index (χ1v) is 12.4. The zero-order chi connectivity index (χ0) is 25.8. The van der Waals surface area contributed by atoms with Crippen molar-refractivity contribution in [1.82, 2.24) is 39.7 Å². The molecule has 0 radical (unpaired) electrons. The summed E-state index contributed by atoms with van der Waals surface area (Å²) in [6.07, 6.45) is 0. The summed E-state index contributed by atoms with van der Waals surface area (Å²) < 4.78 is 4.38. The largest absolute Gasteiger partial charge is 0.327 e. The molecule has 0 unspecified atom stereocenters. The van der Waals surface area contributed by atoms with Crippen LogP contribution in [0.1, 0.15) is 11.4 Å². The van der Waals surface area contributed by atoms with Crippen LogP contribution in [-0.2, 0) is 7.05 Å². The van der Waals surface area contributed by atoms with Gasteiger partial charge in [-0.25, -0.2) is 9.97 Å². The van der Waals surface area contributed by atoms with Gasteiger partial charge in [0.15, 0.2) is 0 Å². The van der Waals surface area contributed by atoms with E-state index in [0.29, 0.717) is 5.82 Å². The predicted octanol–water partition coefficient (Wildman–Crippen LogP) is 6.04. The SMILES string of the molecule is Cc1c(-c2ccccc2-c2nn[nH]n2)cccc1-n1c(C)nc2ccc(-c3nc4ccccc4n3C)cc21. The molecule has 4 aromatic carbocycles. The Balaban J connectivity index is 1.41. The third kappa shape index (κ3) is 3.34. The molecule has 0 spiro atoms. The van der Waals surface area contributed by atoms with Gasteiger partial charge >= 0.3 is 0 Å². The number of tetrazole rings is 1. The van der Waals surface area contributed by atoms with Crippen molar-refractivity contribution in [3.63, 3.8) is 0 Å². The number of rotatable bonds is 4. The Bertz CT molecular complexity index is 1960. The van der Waals surface area contributed by atoms with Gasteiger partial charge in [0.05, 0.1) is 27.8 Å². The van der Waals surface area contributed by atoms with Crippen LogP contribution in [0.25, 0.3) is 61.7 Å². The quantitative estimate of drug-likeness (QED) is 0.321. The van der Waals surface area contributed by atoms with Gasteiger partial charge < -0.3 is 4.57 Å². The van der Waals surface area contributed by atoms with Crippen molar-refractivity contribution >= 4 is 22.1 Å². The smallest absolute Gasteiger partial charge is 0.205 e. The van der Waals surface area contributed by atoms with E-state index in [1.165, 1.54) is 0 Å². The molecule has 38 heavy (non-hydrogen) atoms. The van der Waals surface area contributed by atoms with E-state index < -0.39 is 0 Å². The van der Waals surface area contributed by atoms with Crippen molar-refractivity contribution in [2.75, 3.05) is 0 Å². The molecule has 184 valence electrons. The molecule has 7 aromatic rings. The molecule has 0 saturated heterocycles. The Labute approximate surface area is 218 Å². The van der Waals surface area contributed by atoms with Crippen molar-refractivity contribution in [2.24, 2.45) is 7.05 Å². The summed E-state index contributed by atoms with van der Waals surface area (Å²) in [5.41, 5.74) is 10.4. The molecule has 0 aliphatic heterocycles. The molecule has 8 nitrogen and oxygen atoms in total. The van der Waals surface area contributed by atoms with E-state index in [9.17, 15) is 0 Å². The molecule has 0 aliphatic carbocycles. The van der Waals surface area contributed by atoms with Gasteiger partial charge in [0, 0.05) is 18.2 Å². The molecular formula is C30H24N8. The summed E-state index contributed by atoms with van der Waals surface area (Å²) in [6, 6.07) is 29.1. The van der Waals surface area contributed by atoms with Crippen LogP contribution in [0.3, 0.4) is 0 Å². The van der Waals surface area contributed by atoms with E-state index in [-0.39, 0.29) is 0 Å². The maximum absolute atomic E-state index is 4.92. The maximum atomic E-state index is 4.92. The van der Waals surface area contributed by atoms with Crippen LogP contribution >= 0.6 is 0 Å². The standard InChI is InChI=1S/C30H24N8/c1-18-21(22-9-4-5-10-23(22)29-33-35-36-34-29)11-8-14-26(18)38-19(2)31-25-16-15-20(17-28(25)38)30-32-24-12-6-7-13-27(24)37(30)3/h4-17H,1-3H3,(H,33,34,35,36). The molecule has 7 rings (SSSR count). The molecule has 0 aliphatic rings. The van der Waals surface area contributed by atoms with Gasteiger partial charge in [-0.2, -0.15) is 5.21 Å². The highest BCUT2D eigenvalue weighted by Crippen LogP contribution is 2.36. The average molecular weight is 497 g/mol. The monoisotopic (exact) mass is 496 g/mol. The lowest BCUT2D eigenvalue weighted by Gasteiger charge is -2.16. The van der Waals surface area contributed by atoms with Crippen molar-refractivity contribution in [3.05, 3.63) is 96.3 Å². The minimum Gasteiger partial charge on any atom is -0.327 e. The topological polar surface area (TPSA) is 90.1 Å². The number of nitrogens with one attached hydrogen (secondary N) is 1. The molecule has 3 heterocycles. The minimum atomic E-state index is 0.571. The predicted molar refractivity (Wildman–Crippen MR) is 149 cm³/mol. The molecule has 0 saturated carbocycles. The molecule has 1 N–H and O–H groups in total. The molecule has 0 bridgehead atoms. The van der Waals surface area contributed by atoms with Crippen LogP contribution in [0.2, 0.25) is 0 Å². The average Bonchev–Trinajstić information content (AvgIpc) is 3.67. The van der Waals surface area contributed by atoms with Gasteiger partial charge in [-0.15, -0.1) is 10.2 Å². The van der Waals surface area contributed by atoms with Crippen LogP contribution in [0, 0.1) is 13.8 Å². The molecule has 8 heteroatoms. The van der Waals surface area contributed by atoms with Gasteiger partial charge in [-0.05, 0) is 72.1 Å². The minimum absolute atomic E-state index is 0.571. The third-order valence-electron chi connectivity index (χ3n) is 7.22. The summed E-state index contributed by atoms with van der Waals surface area (Å²) in [6.45, 7) is 4.20. The van der Waals surface area contributed by atoms with E-state index in [1.54, 1.807) is 0 Å². The summed E-state index contributed by atoms with van der Waals surface area (Å²) >= 11 is 0. The fraction of sp³-hybridized carbons (Fsp3) is 0.100. The summed E-state index contributed by atoms with van der Waals surface area (Å²) in [4.78, 5) is 9.81. The second kappa shape index (κ2) is 8.48. The van der Waals surface area contributed by atoms with Crippen molar-refractivity contribution in [2.45, 2.75) is 13.8 Å². The van der Waals surface area contributed by atoms with Crippen molar-refractivity contribution in [1.29, 1.82) is 0 Å². The van der Waals surface area contributed by atoms with Gasteiger partial charge in [0.1, 0.15) is 11.6 Å². The summed E-state index contributed by atoms with van der Waals surface area (Å²) in [5.74, 6) is 2.42. The number of aromatic amines is 1. The number of benzene rings is 4. The van der Waals surface area contributed by atoms with E-state index in [2.05, 4.69) is 92.3 Å². The number of H-pyrrole nitrogens is 1. The van der Waals surface area contributed by atoms with E-state index in [1.807, 2.05) is 43.3 Å². The highest BCUT2D eigenvalue weighted by Gasteiger charge is 2.18. The zero-order valence-corrected chi connectivity index (χ0v) is 21.2. The van der Waals surface area contributed by atoms with Crippen LogP contribution < -0.4 is 0 Å². The van der Waals surface area contributed by atoms with Crippen molar-refractivity contribution in [3.8, 4) is 39.6 Å². The summed E-state index contributed by atoms with van der Waals surface area (Å²) in [5, 5.41) is 14.8. The number of hydrogen-bond acceptors (Lipinski definition) is 5. The van der Waals surface area contributed by atoms with Crippen LogP contribution in [-0.4, -0.2) is 39.7 Å². The lowest BCUT2D eigenvalue weighted by atomic mass is 9.94. The lowest BCUT2D eigenvalue weighted by Crippen LogP contribution is -2.02. The number of fused-ring (bicyclic) bond motifs is 2. The van der Waals surface area contributed by atoms with Gasteiger partial charge in [-0.3, -0.25) is 4.57 Å². The van der Waals surface area contributed by atoms with Gasteiger partial charge in [0.25, 0.3) is 0 Å². The van der Waals surface area contributed by atoms with Gasteiger partial charge in [-0.1, -0.05) is 48.5 Å². The highest BCUT2D eigenvalue weighted by molar-refractivity contribution is 5.88. The molecular weight excluding hydrogens is 472 g/mol. The molecule has 3 aromatic heterocycles. The first-order chi connectivity index (χ1) is 18.6. The molecule has 0 fully saturated rings. The number of imidazole rings is 2. The highest BCUT2D eigenvalue weighted by atomic mass is 15.5. The second-order valence-corrected chi connectivity index (χ2v) is 9.41. The Kier molecular flexibility index (Phi) is 4.94. The number of hydrogen-bond donors (Lipinski definition) is 1. The molecule has 0 atom stereocenters. The maximum Gasteiger partial charge on any atom is 0.205 e. The number of para-hydroxylation sites is 2. The van der Waals surface area contributed by atoms with Crippen LogP contribution in [0.5, 0.6) is 0 Å². The van der Waals surface area contributed by atoms with Crippen LogP contribution in [0.4, 0.5) is 0 Å². The van der Waals surface area contributed by atoms with Crippen molar-refractivity contribution < 1.29 is 0 Å². The Morgan fingerprint density at radius 3 is 2.29 bits per heavy atom. The van der Waals surface area contributed by atoms with Crippen LogP contribution in [0.15, 0.2) is 84.9 Å². The first kappa shape index (κ1) is 22.1. The van der Waals surface area contributed by atoms with E-state index in [4.69, 9.17) is 9.97 Å². The normalized spacial score (nSPS) is 11.6. The fourth-order valence-corrected chi connectivity index (χ4v) is 5.39. The molecule has 0 amide bonds. The van der Waals surface area contributed by atoms with E-state index >= 15 is 0 Å². The number of nitrogens with zero attached hydrogens (tertiary/aromatic N) is 7. The lowest BCUT2D eigenvalue weighted by molar-refractivity contribution is 0.881. The Morgan fingerprint density at radius 2 is 1.47 bits per heavy atom.